The van der Waals surface area contributed by atoms with Crippen LogP contribution in [0.5, 0.6) is 11.5 Å². The summed E-state index contributed by atoms with van der Waals surface area (Å²) in [5, 5.41) is 3.70. The normalized spacial score (nSPS) is 11.0. The maximum absolute atomic E-state index is 13.6. The van der Waals surface area contributed by atoms with E-state index in [0.717, 1.165) is 16.5 Å². The van der Waals surface area contributed by atoms with Gasteiger partial charge in [-0.3, -0.25) is 14.2 Å². The van der Waals surface area contributed by atoms with Gasteiger partial charge in [0.25, 0.3) is 5.56 Å². The van der Waals surface area contributed by atoms with Crippen LogP contribution in [0.15, 0.2) is 83.9 Å². The molecule has 0 aliphatic carbocycles. The number of amides is 1. The second-order valence-electron chi connectivity index (χ2n) is 8.08. The minimum Gasteiger partial charge on any atom is -0.497 e. The highest BCUT2D eigenvalue weighted by molar-refractivity contribution is 6.06. The van der Waals surface area contributed by atoms with Gasteiger partial charge in [0.15, 0.2) is 0 Å². The van der Waals surface area contributed by atoms with Crippen molar-refractivity contribution in [2.75, 3.05) is 19.5 Å². The number of carbonyl (C=O) groups is 1. The van der Waals surface area contributed by atoms with E-state index >= 15 is 0 Å². The Morgan fingerprint density at radius 2 is 1.74 bits per heavy atom. The molecule has 3 aromatic carbocycles. The third kappa shape index (κ3) is 4.21. The maximum atomic E-state index is 13.6. The first kappa shape index (κ1) is 22.2. The standard InChI is InChI=1S/C27H24N4O4/c1-34-19-12-13-23(35-2)21(14-19)29-24(32)16-31-22-11-7-6-10-20(22)25-26(31)27(33)30(17-28-25)15-18-8-4-3-5-9-18/h3-14,17H,15-16H2,1-2H3,(H,29,32). The summed E-state index contributed by atoms with van der Waals surface area (Å²) in [7, 11) is 3.09. The summed E-state index contributed by atoms with van der Waals surface area (Å²) in [5.74, 6) is 0.788. The summed E-state index contributed by atoms with van der Waals surface area (Å²) in [4.78, 5) is 31.3. The summed E-state index contributed by atoms with van der Waals surface area (Å²) in [6.07, 6.45) is 1.57. The molecule has 2 heterocycles. The van der Waals surface area contributed by atoms with Gasteiger partial charge in [0.1, 0.15) is 29.1 Å². The Kier molecular flexibility index (Phi) is 5.93. The fraction of sp³-hybridized carbons (Fsp3) is 0.148. The summed E-state index contributed by atoms with van der Waals surface area (Å²) >= 11 is 0. The molecule has 176 valence electrons. The Morgan fingerprint density at radius 3 is 2.51 bits per heavy atom. The molecule has 8 heteroatoms. The zero-order valence-corrected chi connectivity index (χ0v) is 19.4. The maximum Gasteiger partial charge on any atom is 0.278 e. The lowest BCUT2D eigenvalue weighted by molar-refractivity contribution is -0.116. The molecule has 8 nitrogen and oxygen atoms in total. The van der Waals surface area contributed by atoms with Crippen LogP contribution in [-0.4, -0.2) is 34.2 Å². The first-order valence-electron chi connectivity index (χ1n) is 11.1. The lowest BCUT2D eigenvalue weighted by atomic mass is 10.2. The number of hydrogen-bond acceptors (Lipinski definition) is 5. The fourth-order valence-corrected chi connectivity index (χ4v) is 4.25. The van der Waals surface area contributed by atoms with Crippen molar-refractivity contribution in [2.45, 2.75) is 13.1 Å². The number of rotatable bonds is 7. The Morgan fingerprint density at radius 1 is 0.971 bits per heavy atom. The number of benzene rings is 3. The van der Waals surface area contributed by atoms with Crippen molar-refractivity contribution in [3.63, 3.8) is 0 Å². The fourth-order valence-electron chi connectivity index (χ4n) is 4.25. The van der Waals surface area contributed by atoms with Gasteiger partial charge in [0.05, 0.1) is 38.3 Å². The molecule has 0 atom stereocenters. The second-order valence-corrected chi connectivity index (χ2v) is 8.08. The summed E-state index contributed by atoms with van der Waals surface area (Å²) < 4.78 is 13.9. The number of nitrogens with one attached hydrogen (secondary N) is 1. The molecule has 0 spiro atoms. The van der Waals surface area contributed by atoms with Crippen LogP contribution in [-0.2, 0) is 17.9 Å². The van der Waals surface area contributed by atoms with Crippen LogP contribution in [0.3, 0.4) is 0 Å². The number of hydrogen-bond donors (Lipinski definition) is 1. The van der Waals surface area contributed by atoms with Gasteiger partial charge in [0.2, 0.25) is 5.91 Å². The van der Waals surface area contributed by atoms with Gasteiger partial charge in [-0.1, -0.05) is 48.5 Å². The number of ether oxygens (including phenoxy) is 2. The SMILES string of the molecule is COc1ccc(OC)c(NC(=O)Cn2c3ccccc3c3ncn(Cc4ccccc4)c(=O)c32)c1. The molecule has 1 N–H and O–H groups in total. The van der Waals surface area contributed by atoms with E-state index in [4.69, 9.17) is 9.47 Å². The van der Waals surface area contributed by atoms with Crippen LogP contribution >= 0.6 is 0 Å². The zero-order chi connectivity index (χ0) is 24.4. The van der Waals surface area contributed by atoms with Crippen LogP contribution < -0.4 is 20.3 Å². The van der Waals surface area contributed by atoms with E-state index in [9.17, 15) is 9.59 Å². The van der Waals surface area contributed by atoms with Crippen LogP contribution in [0, 0.1) is 0 Å². The third-order valence-corrected chi connectivity index (χ3v) is 5.91. The molecule has 5 aromatic rings. The second kappa shape index (κ2) is 9.34. The monoisotopic (exact) mass is 468 g/mol. The molecule has 2 aromatic heterocycles. The Hall–Kier alpha value is -4.59. The summed E-state index contributed by atoms with van der Waals surface area (Å²) in [6, 6.07) is 22.4. The average molecular weight is 469 g/mol. The molecule has 1 amide bonds. The van der Waals surface area contributed by atoms with E-state index in [1.165, 1.54) is 7.11 Å². The molecule has 0 aliphatic rings. The minimum absolute atomic E-state index is 0.0728. The predicted molar refractivity (Wildman–Crippen MR) is 135 cm³/mol. The first-order chi connectivity index (χ1) is 17.1. The molecule has 0 unspecified atom stereocenters. The van der Waals surface area contributed by atoms with E-state index in [1.54, 1.807) is 40.8 Å². The quantitative estimate of drug-likeness (QED) is 0.389. The lowest BCUT2D eigenvalue weighted by Crippen LogP contribution is -2.25. The highest BCUT2D eigenvalue weighted by atomic mass is 16.5. The molecule has 0 aliphatic heterocycles. The molecule has 5 rings (SSSR count). The Labute approximate surface area is 201 Å². The van der Waals surface area contributed by atoms with Crippen molar-refractivity contribution >= 4 is 33.5 Å². The smallest absolute Gasteiger partial charge is 0.278 e. The molecular formula is C27H24N4O4. The highest BCUT2D eigenvalue weighted by Gasteiger charge is 2.19. The Balaban J connectivity index is 1.56. The van der Waals surface area contributed by atoms with Crippen molar-refractivity contribution in [1.82, 2.24) is 14.1 Å². The number of methoxy groups -OCH3 is 2. The largest absolute Gasteiger partial charge is 0.497 e. The Bertz CT molecular complexity index is 1590. The molecule has 0 bridgehead atoms. The molecule has 0 saturated carbocycles. The van der Waals surface area contributed by atoms with E-state index in [2.05, 4.69) is 10.3 Å². The van der Waals surface area contributed by atoms with Gasteiger partial charge in [-0.05, 0) is 23.8 Å². The van der Waals surface area contributed by atoms with Crippen molar-refractivity contribution in [2.24, 2.45) is 0 Å². The van der Waals surface area contributed by atoms with Gasteiger partial charge < -0.3 is 19.4 Å². The lowest BCUT2D eigenvalue weighted by Gasteiger charge is -2.13. The third-order valence-electron chi connectivity index (χ3n) is 5.91. The average Bonchev–Trinajstić information content (AvgIpc) is 3.20. The van der Waals surface area contributed by atoms with E-state index in [0.29, 0.717) is 34.8 Å². The summed E-state index contributed by atoms with van der Waals surface area (Å²) in [5.41, 5.74) is 2.98. The zero-order valence-electron chi connectivity index (χ0n) is 19.4. The topological polar surface area (TPSA) is 87.4 Å². The van der Waals surface area contributed by atoms with Gasteiger partial charge >= 0.3 is 0 Å². The van der Waals surface area contributed by atoms with Gasteiger partial charge in [-0.15, -0.1) is 0 Å². The van der Waals surface area contributed by atoms with Gasteiger partial charge in [-0.2, -0.15) is 0 Å². The highest BCUT2D eigenvalue weighted by Crippen LogP contribution is 2.30. The minimum atomic E-state index is -0.308. The van der Waals surface area contributed by atoms with Gasteiger partial charge in [-0.25, -0.2) is 4.98 Å². The van der Waals surface area contributed by atoms with E-state index in [1.807, 2.05) is 54.6 Å². The van der Waals surface area contributed by atoms with Crippen molar-refractivity contribution in [3.05, 3.63) is 95.0 Å². The number of nitrogens with zero attached hydrogens (tertiary/aromatic N) is 3. The molecule has 0 radical (unpaired) electrons. The number of carbonyl (C=O) groups excluding carboxylic acids is 1. The van der Waals surface area contributed by atoms with Crippen LogP contribution in [0.4, 0.5) is 5.69 Å². The number of para-hydroxylation sites is 1. The number of anilines is 1. The predicted octanol–water partition coefficient (Wildman–Crippen LogP) is 4.06. The van der Waals surface area contributed by atoms with Crippen molar-refractivity contribution in [3.8, 4) is 11.5 Å². The number of fused-ring (bicyclic) bond motifs is 3. The number of aromatic nitrogens is 3. The van der Waals surface area contributed by atoms with E-state index < -0.39 is 0 Å². The van der Waals surface area contributed by atoms with Gasteiger partial charge in [0, 0.05) is 11.5 Å². The van der Waals surface area contributed by atoms with Crippen LogP contribution in [0.2, 0.25) is 0 Å². The molecule has 0 fully saturated rings. The summed E-state index contributed by atoms with van der Waals surface area (Å²) in [6.45, 7) is 0.313. The van der Waals surface area contributed by atoms with Crippen molar-refractivity contribution in [1.29, 1.82) is 0 Å². The first-order valence-corrected chi connectivity index (χ1v) is 11.1. The molecule has 35 heavy (non-hydrogen) atoms. The van der Waals surface area contributed by atoms with Crippen LogP contribution in [0.25, 0.3) is 21.9 Å². The molecule has 0 saturated heterocycles. The van der Waals surface area contributed by atoms with E-state index in [-0.39, 0.29) is 18.0 Å². The molecular weight excluding hydrogens is 444 g/mol. The van der Waals surface area contributed by atoms with Crippen molar-refractivity contribution < 1.29 is 14.3 Å². The van der Waals surface area contributed by atoms with Crippen LogP contribution in [0.1, 0.15) is 5.56 Å².